The molecular weight excluding hydrogens is 318 g/mol. The Kier molecular flexibility index (Phi) is 4.17. The molecule has 2 heterocycles. The second kappa shape index (κ2) is 6.48. The third-order valence-corrected chi connectivity index (χ3v) is 5.23. The van der Waals surface area contributed by atoms with Crippen LogP contribution in [0.15, 0.2) is 24.3 Å². The van der Waals surface area contributed by atoms with Crippen LogP contribution in [0.5, 0.6) is 0 Å². The summed E-state index contributed by atoms with van der Waals surface area (Å²) in [6.45, 7) is 0.918. The lowest BCUT2D eigenvalue weighted by atomic mass is 9.99. The molecule has 7 heteroatoms. The molecule has 25 heavy (non-hydrogen) atoms. The van der Waals surface area contributed by atoms with E-state index in [1.54, 1.807) is 0 Å². The molecule has 0 atom stereocenters. The van der Waals surface area contributed by atoms with Crippen LogP contribution in [0.2, 0.25) is 0 Å². The Hall–Kier alpha value is -2.41. The Bertz CT molecular complexity index is 780. The van der Waals surface area contributed by atoms with E-state index in [1.165, 1.54) is 0 Å². The third-order valence-electron chi connectivity index (χ3n) is 5.23. The first-order chi connectivity index (χ1) is 12.2. The van der Waals surface area contributed by atoms with Gasteiger partial charge in [0, 0.05) is 24.2 Å². The number of aryl methyl sites for hydroxylation is 1. The molecule has 0 bridgehead atoms. The van der Waals surface area contributed by atoms with Gasteiger partial charge >= 0.3 is 6.03 Å². The molecule has 0 radical (unpaired) electrons. The van der Waals surface area contributed by atoms with Crippen molar-refractivity contribution in [3.63, 3.8) is 0 Å². The van der Waals surface area contributed by atoms with Gasteiger partial charge in [0.25, 0.3) is 0 Å². The number of carbonyl (C=O) groups is 1. The quantitative estimate of drug-likeness (QED) is 0.796. The minimum Gasteiger partial charge on any atom is -0.394 e. The topological polar surface area (TPSA) is 92.1 Å². The van der Waals surface area contributed by atoms with Crippen molar-refractivity contribution >= 4 is 11.7 Å². The van der Waals surface area contributed by atoms with Crippen LogP contribution < -0.4 is 10.6 Å². The van der Waals surface area contributed by atoms with Gasteiger partial charge in [0.2, 0.25) is 0 Å². The Morgan fingerprint density at radius 3 is 2.88 bits per heavy atom. The highest BCUT2D eigenvalue weighted by atomic mass is 16.3. The zero-order valence-corrected chi connectivity index (χ0v) is 14.2. The average molecular weight is 341 g/mol. The number of nitrogens with one attached hydrogen (secondary N) is 2. The van der Waals surface area contributed by atoms with E-state index >= 15 is 0 Å². The minimum atomic E-state index is -0.477. The number of fused-ring (bicyclic) bond motifs is 1. The fourth-order valence-corrected chi connectivity index (χ4v) is 3.88. The number of rotatable bonds is 4. The van der Waals surface area contributed by atoms with Crippen molar-refractivity contribution in [2.75, 3.05) is 11.9 Å². The van der Waals surface area contributed by atoms with Crippen LogP contribution in [-0.2, 0) is 13.0 Å². The van der Waals surface area contributed by atoms with E-state index in [2.05, 4.69) is 25.4 Å². The molecule has 3 N–H and O–H groups in total. The fraction of sp³-hybridized carbons (Fsp3) is 0.500. The van der Waals surface area contributed by atoms with Gasteiger partial charge in [0.05, 0.1) is 12.1 Å². The molecule has 7 nitrogen and oxygen atoms in total. The molecule has 132 valence electrons. The van der Waals surface area contributed by atoms with Crippen LogP contribution in [0.3, 0.4) is 0 Å². The maximum absolute atomic E-state index is 12.4. The van der Waals surface area contributed by atoms with Crippen LogP contribution in [0.1, 0.15) is 37.9 Å². The van der Waals surface area contributed by atoms with Gasteiger partial charge in [-0.1, -0.05) is 25.0 Å². The molecule has 1 saturated carbocycles. The Morgan fingerprint density at radius 2 is 2.08 bits per heavy atom. The number of aliphatic hydroxyl groups excluding tert-OH is 1. The van der Waals surface area contributed by atoms with Crippen LogP contribution in [-0.4, -0.2) is 38.0 Å². The number of aliphatic hydroxyl groups is 1. The molecule has 2 aromatic rings. The van der Waals surface area contributed by atoms with Gasteiger partial charge in [-0.05, 0) is 31.4 Å². The SMILES string of the molecule is O=C(Nc1cccc(-c2nnc3n2CCC3)c1)NC1(CO)CCCC1. The van der Waals surface area contributed by atoms with Gasteiger partial charge in [-0.25, -0.2) is 4.79 Å². The highest BCUT2D eigenvalue weighted by Crippen LogP contribution is 2.29. The zero-order chi connectivity index (χ0) is 17.3. The second-order valence-corrected chi connectivity index (χ2v) is 7.00. The molecule has 0 saturated heterocycles. The molecule has 0 spiro atoms. The van der Waals surface area contributed by atoms with Crippen LogP contribution in [0.4, 0.5) is 10.5 Å². The number of hydrogen-bond donors (Lipinski definition) is 3. The van der Waals surface area contributed by atoms with Crippen LogP contribution >= 0.6 is 0 Å². The predicted molar refractivity (Wildman–Crippen MR) is 94.2 cm³/mol. The van der Waals surface area contributed by atoms with Crippen molar-refractivity contribution < 1.29 is 9.90 Å². The summed E-state index contributed by atoms with van der Waals surface area (Å²) in [6, 6.07) is 7.36. The summed E-state index contributed by atoms with van der Waals surface area (Å²) in [7, 11) is 0. The first kappa shape index (κ1) is 16.1. The summed E-state index contributed by atoms with van der Waals surface area (Å²) >= 11 is 0. The predicted octanol–water partition coefficient (Wildman–Crippen LogP) is 2.32. The number of aromatic nitrogens is 3. The lowest BCUT2D eigenvalue weighted by molar-refractivity contribution is 0.167. The number of carbonyl (C=O) groups excluding carboxylic acids is 1. The maximum Gasteiger partial charge on any atom is 0.319 e. The number of amides is 2. The van der Waals surface area contributed by atoms with Gasteiger partial charge in [0.1, 0.15) is 5.82 Å². The molecule has 4 rings (SSSR count). The summed E-state index contributed by atoms with van der Waals surface area (Å²) in [5, 5.41) is 24.0. The summed E-state index contributed by atoms with van der Waals surface area (Å²) in [6.07, 6.45) is 5.78. The van der Waals surface area contributed by atoms with E-state index in [1.807, 2.05) is 24.3 Å². The fourth-order valence-electron chi connectivity index (χ4n) is 3.88. The standard InChI is InChI=1S/C18H23N5O2/c24-12-18(8-1-2-9-18)20-17(25)19-14-6-3-5-13(11-14)16-22-21-15-7-4-10-23(15)16/h3,5-6,11,24H,1-2,4,7-10,12H2,(H2,19,20,25). The first-order valence-corrected chi connectivity index (χ1v) is 8.92. The molecule has 1 fully saturated rings. The zero-order valence-electron chi connectivity index (χ0n) is 14.2. The van der Waals surface area contributed by atoms with E-state index in [0.717, 1.165) is 62.3 Å². The molecule has 2 aliphatic rings. The number of hydrogen-bond acceptors (Lipinski definition) is 4. The van der Waals surface area contributed by atoms with Crippen molar-refractivity contribution in [1.82, 2.24) is 20.1 Å². The lowest BCUT2D eigenvalue weighted by Crippen LogP contribution is -2.50. The van der Waals surface area contributed by atoms with Gasteiger partial charge < -0.3 is 20.3 Å². The van der Waals surface area contributed by atoms with Crippen LogP contribution in [0, 0.1) is 0 Å². The maximum atomic E-state index is 12.4. The highest BCUT2D eigenvalue weighted by molar-refractivity contribution is 5.90. The second-order valence-electron chi connectivity index (χ2n) is 7.00. The molecule has 2 amide bonds. The number of nitrogens with zero attached hydrogens (tertiary/aromatic N) is 3. The van der Waals surface area contributed by atoms with Crippen molar-refractivity contribution in [2.24, 2.45) is 0 Å². The summed E-state index contributed by atoms with van der Waals surface area (Å²) in [5.41, 5.74) is 1.17. The van der Waals surface area contributed by atoms with Crippen molar-refractivity contribution in [2.45, 2.75) is 50.6 Å². The molecule has 1 aromatic heterocycles. The monoisotopic (exact) mass is 341 g/mol. The third kappa shape index (κ3) is 3.11. The summed E-state index contributed by atoms with van der Waals surface area (Å²) in [4.78, 5) is 12.4. The molecule has 0 unspecified atom stereocenters. The van der Waals surface area contributed by atoms with E-state index in [4.69, 9.17) is 0 Å². The Balaban J connectivity index is 1.49. The van der Waals surface area contributed by atoms with Gasteiger partial charge in [-0.2, -0.15) is 0 Å². The largest absolute Gasteiger partial charge is 0.394 e. The van der Waals surface area contributed by atoms with E-state index in [9.17, 15) is 9.90 Å². The van der Waals surface area contributed by atoms with Gasteiger partial charge in [-0.15, -0.1) is 10.2 Å². The Morgan fingerprint density at radius 1 is 1.24 bits per heavy atom. The normalized spacial score (nSPS) is 18.1. The van der Waals surface area contributed by atoms with Crippen LogP contribution in [0.25, 0.3) is 11.4 Å². The lowest BCUT2D eigenvalue weighted by Gasteiger charge is -2.28. The molecule has 1 aliphatic heterocycles. The number of benzene rings is 1. The van der Waals surface area contributed by atoms with Gasteiger partial charge in [0.15, 0.2) is 5.82 Å². The summed E-state index contributed by atoms with van der Waals surface area (Å²) < 4.78 is 2.14. The number of anilines is 1. The smallest absolute Gasteiger partial charge is 0.319 e. The minimum absolute atomic E-state index is 0.0215. The molecule has 1 aromatic carbocycles. The molecular formula is C18H23N5O2. The van der Waals surface area contributed by atoms with Crippen molar-refractivity contribution in [3.8, 4) is 11.4 Å². The highest BCUT2D eigenvalue weighted by Gasteiger charge is 2.34. The molecule has 1 aliphatic carbocycles. The first-order valence-electron chi connectivity index (χ1n) is 8.92. The van der Waals surface area contributed by atoms with E-state index < -0.39 is 5.54 Å². The van der Waals surface area contributed by atoms with Gasteiger partial charge in [-0.3, -0.25) is 0 Å². The van der Waals surface area contributed by atoms with E-state index in [-0.39, 0.29) is 12.6 Å². The summed E-state index contributed by atoms with van der Waals surface area (Å²) in [5.74, 6) is 1.87. The average Bonchev–Trinajstić information content (AvgIpc) is 3.32. The van der Waals surface area contributed by atoms with Crippen molar-refractivity contribution in [3.05, 3.63) is 30.1 Å². The van der Waals surface area contributed by atoms with Crippen molar-refractivity contribution in [1.29, 1.82) is 0 Å². The van der Waals surface area contributed by atoms with E-state index in [0.29, 0.717) is 5.69 Å². The number of urea groups is 1. The Labute approximate surface area is 146 Å².